The molecule has 5 heteroatoms. The molecule has 30 heavy (non-hydrogen) atoms. The molecule has 3 aromatic rings. The molecule has 0 atom stereocenters. The lowest BCUT2D eigenvalue weighted by Gasteiger charge is -2.16. The summed E-state index contributed by atoms with van der Waals surface area (Å²) < 4.78 is 4.57. The highest BCUT2D eigenvalue weighted by Gasteiger charge is 2.10. The highest BCUT2D eigenvalue weighted by Crippen LogP contribution is 2.31. The molecule has 0 saturated carbocycles. The normalized spacial score (nSPS) is 12.2. The second-order valence-corrected chi connectivity index (χ2v) is 8.37. The number of carbonyl (C=O) groups is 1. The summed E-state index contributed by atoms with van der Waals surface area (Å²) in [6.45, 7) is 2.15. The third kappa shape index (κ3) is 5.86. The van der Waals surface area contributed by atoms with Gasteiger partial charge in [-0.05, 0) is 74.1 Å². The Kier molecular flexibility index (Phi) is 7.91. The van der Waals surface area contributed by atoms with Crippen molar-refractivity contribution in [3.63, 3.8) is 0 Å². The Morgan fingerprint density at radius 3 is 2.53 bits per heavy atom. The largest absolute Gasteiger partial charge is 0.465 e. The smallest absolute Gasteiger partial charge is 0.340 e. The van der Waals surface area contributed by atoms with Gasteiger partial charge in [0.2, 0.25) is 0 Å². The van der Waals surface area contributed by atoms with Crippen LogP contribution in [0.15, 0.2) is 70.7 Å². The molecule has 1 aliphatic rings. The first-order valence-corrected chi connectivity index (χ1v) is 11.0. The zero-order valence-corrected chi connectivity index (χ0v) is 18.6. The van der Waals surface area contributed by atoms with E-state index < -0.39 is 0 Å². The number of benzene rings is 2. The fourth-order valence-electron chi connectivity index (χ4n) is 3.47. The number of nitrogens with one attached hydrogen (secondary N) is 1. The molecule has 1 heterocycles. The molecule has 0 aliphatic heterocycles. The predicted molar refractivity (Wildman–Crippen MR) is 124 cm³/mol. The van der Waals surface area contributed by atoms with Crippen LogP contribution in [0.25, 0.3) is 0 Å². The van der Waals surface area contributed by atoms with Crippen LogP contribution in [-0.2, 0) is 17.6 Å². The maximum atomic E-state index is 11.1. The molecule has 0 fully saturated rings. The minimum atomic E-state index is -0.359. The molecule has 0 unspecified atom stereocenters. The van der Waals surface area contributed by atoms with E-state index in [4.69, 9.17) is 0 Å². The van der Waals surface area contributed by atoms with E-state index in [0.29, 0.717) is 11.3 Å². The van der Waals surface area contributed by atoms with E-state index in [1.165, 1.54) is 48.1 Å². The van der Waals surface area contributed by atoms with E-state index >= 15 is 0 Å². The highest BCUT2D eigenvalue weighted by molar-refractivity contribution is 7.99. The summed E-state index contributed by atoms with van der Waals surface area (Å²) in [4.78, 5) is 17.7. The Hall–Kier alpha value is -2.79. The SMILES string of the molecule is CNc1cnccc1C(=O)OC.Cc1cccc(Sc2ccc3c(c2)CCCC3)c1. The van der Waals surface area contributed by atoms with Crippen LogP contribution in [0.2, 0.25) is 0 Å². The fourth-order valence-corrected chi connectivity index (χ4v) is 4.47. The molecule has 156 valence electrons. The topological polar surface area (TPSA) is 51.2 Å². The lowest BCUT2D eigenvalue weighted by atomic mass is 9.92. The number of esters is 1. The monoisotopic (exact) mass is 420 g/mol. The number of hydrogen-bond donors (Lipinski definition) is 1. The zero-order chi connectivity index (χ0) is 21.3. The standard InChI is InChI=1S/C17H18S.C8H10N2O2/c1-13-5-4-8-16(11-13)18-17-10-9-14-6-2-3-7-15(14)12-17;1-9-7-5-10-4-3-6(7)8(11)12-2/h4-5,8-12H,2-3,6-7H2,1H3;3-5,9H,1-2H3. The van der Waals surface area contributed by atoms with E-state index in [0.717, 1.165) is 0 Å². The molecule has 1 N–H and O–H groups in total. The van der Waals surface area contributed by atoms with Gasteiger partial charge in [0.05, 0.1) is 24.6 Å². The molecule has 0 spiro atoms. The molecule has 1 aliphatic carbocycles. The van der Waals surface area contributed by atoms with Crippen LogP contribution in [0.4, 0.5) is 5.69 Å². The Morgan fingerprint density at radius 1 is 1.03 bits per heavy atom. The Balaban J connectivity index is 0.000000187. The van der Waals surface area contributed by atoms with Crippen molar-refractivity contribution in [1.82, 2.24) is 4.98 Å². The molecule has 2 aromatic carbocycles. The summed E-state index contributed by atoms with van der Waals surface area (Å²) in [5.74, 6) is -0.359. The van der Waals surface area contributed by atoms with Crippen molar-refractivity contribution < 1.29 is 9.53 Å². The lowest BCUT2D eigenvalue weighted by Crippen LogP contribution is -2.05. The lowest BCUT2D eigenvalue weighted by molar-refractivity contribution is 0.0601. The first kappa shape index (κ1) is 21.9. The number of carbonyl (C=O) groups excluding carboxylic acids is 1. The van der Waals surface area contributed by atoms with Gasteiger partial charge in [-0.25, -0.2) is 4.79 Å². The molecule has 0 saturated heterocycles. The summed E-state index contributed by atoms with van der Waals surface area (Å²) in [6.07, 6.45) is 8.37. The predicted octanol–water partition coefficient (Wildman–Crippen LogP) is 5.93. The van der Waals surface area contributed by atoms with Crippen molar-refractivity contribution in [3.8, 4) is 0 Å². The van der Waals surface area contributed by atoms with E-state index in [-0.39, 0.29) is 5.97 Å². The van der Waals surface area contributed by atoms with Crippen LogP contribution in [0.1, 0.15) is 39.9 Å². The van der Waals surface area contributed by atoms with Crippen LogP contribution in [0.3, 0.4) is 0 Å². The molecule has 0 radical (unpaired) electrons. The first-order valence-electron chi connectivity index (χ1n) is 10.2. The summed E-state index contributed by atoms with van der Waals surface area (Å²) in [7, 11) is 3.08. The minimum absolute atomic E-state index is 0.359. The molecule has 4 nitrogen and oxygen atoms in total. The average Bonchev–Trinajstić information content (AvgIpc) is 2.79. The maximum absolute atomic E-state index is 11.1. The number of aryl methyl sites for hydroxylation is 3. The molecule has 4 rings (SSSR count). The van der Waals surface area contributed by atoms with Gasteiger partial charge in [-0.3, -0.25) is 4.98 Å². The highest BCUT2D eigenvalue weighted by atomic mass is 32.2. The van der Waals surface area contributed by atoms with Crippen LogP contribution >= 0.6 is 11.8 Å². The van der Waals surface area contributed by atoms with Gasteiger partial charge in [-0.2, -0.15) is 0 Å². The Labute approximate surface area is 183 Å². The summed E-state index contributed by atoms with van der Waals surface area (Å²) in [6, 6.07) is 17.3. The summed E-state index contributed by atoms with van der Waals surface area (Å²) in [5, 5.41) is 2.85. The van der Waals surface area contributed by atoms with Crippen molar-refractivity contribution in [2.75, 3.05) is 19.5 Å². The fraction of sp³-hybridized carbons (Fsp3) is 0.280. The van der Waals surface area contributed by atoms with E-state index in [1.54, 1.807) is 36.6 Å². The number of pyridine rings is 1. The van der Waals surface area contributed by atoms with Gasteiger partial charge in [0.15, 0.2) is 0 Å². The number of anilines is 1. The molecule has 0 bridgehead atoms. The summed E-state index contributed by atoms with van der Waals surface area (Å²) >= 11 is 1.87. The average molecular weight is 421 g/mol. The van der Waals surface area contributed by atoms with Crippen molar-refractivity contribution in [2.24, 2.45) is 0 Å². The molecular formula is C25H28N2O2S. The van der Waals surface area contributed by atoms with Crippen molar-refractivity contribution in [2.45, 2.75) is 42.4 Å². The Bertz CT molecular complexity index is 1000. The van der Waals surface area contributed by atoms with Gasteiger partial charge in [-0.15, -0.1) is 0 Å². The van der Waals surface area contributed by atoms with Crippen molar-refractivity contribution in [3.05, 3.63) is 83.2 Å². The number of fused-ring (bicyclic) bond motifs is 1. The van der Waals surface area contributed by atoms with Crippen molar-refractivity contribution in [1.29, 1.82) is 0 Å². The van der Waals surface area contributed by atoms with Gasteiger partial charge >= 0.3 is 5.97 Å². The third-order valence-corrected chi connectivity index (χ3v) is 6.02. The van der Waals surface area contributed by atoms with Gasteiger partial charge in [0.1, 0.15) is 0 Å². The quantitative estimate of drug-likeness (QED) is 0.530. The Morgan fingerprint density at radius 2 is 1.80 bits per heavy atom. The zero-order valence-electron chi connectivity index (χ0n) is 17.8. The van der Waals surface area contributed by atoms with Crippen molar-refractivity contribution >= 4 is 23.4 Å². The number of ether oxygens (including phenoxy) is 1. The second kappa shape index (κ2) is 10.8. The number of hydrogen-bond acceptors (Lipinski definition) is 5. The van der Waals surface area contributed by atoms with Gasteiger partial charge in [0, 0.05) is 23.0 Å². The van der Waals surface area contributed by atoms with Crippen LogP contribution in [0, 0.1) is 6.92 Å². The number of methoxy groups -OCH3 is 1. The minimum Gasteiger partial charge on any atom is -0.465 e. The maximum Gasteiger partial charge on any atom is 0.340 e. The number of aromatic nitrogens is 1. The van der Waals surface area contributed by atoms with Gasteiger partial charge < -0.3 is 10.1 Å². The molecular weight excluding hydrogens is 392 g/mol. The van der Waals surface area contributed by atoms with Crippen LogP contribution < -0.4 is 5.32 Å². The van der Waals surface area contributed by atoms with Gasteiger partial charge in [0.25, 0.3) is 0 Å². The summed E-state index contributed by atoms with van der Waals surface area (Å²) in [5.41, 5.74) is 5.63. The van der Waals surface area contributed by atoms with Gasteiger partial charge in [-0.1, -0.05) is 35.5 Å². The van der Waals surface area contributed by atoms with E-state index in [2.05, 4.69) is 64.4 Å². The van der Waals surface area contributed by atoms with E-state index in [9.17, 15) is 4.79 Å². The van der Waals surface area contributed by atoms with Crippen LogP contribution in [-0.4, -0.2) is 25.1 Å². The molecule has 0 amide bonds. The first-order chi connectivity index (χ1) is 14.6. The molecule has 1 aromatic heterocycles. The number of nitrogens with zero attached hydrogens (tertiary/aromatic N) is 1. The number of rotatable bonds is 4. The third-order valence-electron chi connectivity index (χ3n) is 5.04. The van der Waals surface area contributed by atoms with Crippen LogP contribution in [0.5, 0.6) is 0 Å². The van der Waals surface area contributed by atoms with E-state index in [1.807, 2.05) is 11.8 Å². The second-order valence-electron chi connectivity index (χ2n) is 7.22.